The minimum Gasteiger partial charge on any atom is -0.458 e. The van der Waals surface area contributed by atoms with Gasteiger partial charge in [0.15, 0.2) is 0 Å². The summed E-state index contributed by atoms with van der Waals surface area (Å²) in [5, 5.41) is 0. The van der Waals surface area contributed by atoms with Crippen LogP contribution in [0.2, 0.25) is 0 Å². The van der Waals surface area contributed by atoms with Gasteiger partial charge in [-0.05, 0) is 79.7 Å². The Kier molecular flexibility index (Phi) is 34.1. The number of unbranched alkanes of at least 4 members (excludes halogenated alkanes) is 22. The largest absolute Gasteiger partial charge is 0.458 e. The second-order valence-corrected chi connectivity index (χ2v) is 15.5. The van der Waals surface area contributed by atoms with Gasteiger partial charge in [-0.15, -0.1) is 0 Å². The van der Waals surface area contributed by atoms with Crippen LogP contribution in [0.3, 0.4) is 0 Å². The average Bonchev–Trinajstić information content (AvgIpc) is 3.03. The molecule has 0 rings (SSSR count). The van der Waals surface area contributed by atoms with E-state index in [4.69, 9.17) is 4.74 Å². The average molecular weight is 669 g/mol. The summed E-state index contributed by atoms with van der Waals surface area (Å²) >= 11 is 0. The number of rotatable bonds is 34. The lowest BCUT2D eigenvalue weighted by Gasteiger charge is -2.15. The highest BCUT2D eigenvalue weighted by atomic mass is 16.5. The summed E-state index contributed by atoms with van der Waals surface area (Å²) in [4.78, 5) is 12.8. The molecule has 0 amide bonds. The molecule has 0 radical (unpaired) electrons. The number of ether oxygens (including phenoxy) is 1. The summed E-state index contributed by atoms with van der Waals surface area (Å²) in [5.41, 5.74) is 5.41. The van der Waals surface area contributed by atoms with Crippen molar-refractivity contribution in [1.29, 1.82) is 0 Å². The first kappa shape index (κ1) is 46.4. The van der Waals surface area contributed by atoms with Crippen LogP contribution < -0.4 is 0 Å². The van der Waals surface area contributed by atoms with Gasteiger partial charge in [0.05, 0.1) is 0 Å². The molecule has 0 aromatic carbocycles. The maximum Gasteiger partial charge on any atom is 0.306 e. The van der Waals surface area contributed by atoms with Gasteiger partial charge in [-0.3, -0.25) is 4.79 Å². The van der Waals surface area contributed by atoms with E-state index in [0.717, 1.165) is 44.9 Å². The summed E-state index contributed by atoms with van der Waals surface area (Å²) in [6.45, 7) is 15.3. The van der Waals surface area contributed by atoms with Crippen molar-refractivity contribution in [3.8, 4) is 0 Å². The standard InChI is InChI=1S/C46H84O2/c1-8-9-10-11-12-13-14-15-16-17-18-19-20-21-22-23-24-25-26-27-28-29-30-37-46(47)48-45(40-44(7)36-32-34-42(4)5)39-38-43(6)35-31-33-41(2)3/h33-34,38,40,45H,8-32,35-37,39H2,1-7H3. The first-order valence-corrected chi connectivity index (χ1v) is 21.0. The Hall–Kier alpha value is -1.57. The number of carbonyl (C=O) groups excluding carboxylic acids is 1. The summed E-state index contributed by atoms with van der Waals surface area (Å²) in [5.74, 6) is -0.0348. The van der Waals surface area contributed by atoms with E-state index < -0.39 is 0 Å². The Bertz CT molecular complexity index is 849. The van der Waals surface area contributed by atoms with Crippen LogP contribution in [0.4, 0.5) is 0 Å². The third-order valence-corrected chi connectivity index (χ3v) is 9.62. The highest BCUT2D eigenvalue weighted by Crippen LogP contribution is 2.18. The van der Waals surface area contributed by atoms with Crippen LogP contribution in [-0.2, 0) is 9.53 Å². The smallest absolute Gasteiger partial charge is 0.306 e. The summed E-state index contributed by atoms with van der Waals surface area (Å²) in [6.07, 6.45) is 46.3. The van der Waals surface area contributed by atoms with Gasteiger partial charge in [-0.2, -0.15) is 0 Å². The maximum atomic E-state index is 12.8. The molecular weight excluding hydrogens is 585 g/mol. The lowest BCUT2D eigenvalue weighted by Crippen LogP contribution is -2.16. The van der Waals surface area contributed by atoms with Gasteiger partial charge in [0.1, 0.15) is 6.10 Å². The Labute approximate surface area is 302 Å². The van der Waals surface area contributed by atoms with Gasteiger partial charge in [-0.25, -0.2) is 0 Å². The van der Waals surface area contributed by atoms with Gasteiger partial charge in [0, 0.05) is 12.8 Å². The minimum absolute atomic E-state index is 0.0348. The Balaban J connectivity index is 3.94. The topological polar surface area (TPSA) is 26.3 Å². The van der Waals surface area contributed by atoms with E-state index in [-0.39, 0.29) is 12.1 Å². The summed E-state index contributed by atoms with van der Waals surface area (Å²) in [7, 11) is 0. The van der Waals surface area contributed by atoms with E-state index >= 15 is 0 Å². The summed E-state index contributed by atoms with van der Waals surface area (Å²) < 4.78 is 6.00. The molecule has 0 heterocycles. The third-order valence-electron chi connectivity index (χ3n) is 9.62. The summed E-state index contributed by atoms with van der Waals surface area (Å²) in [6, 6.07) is 0. The van der Waals surface area contributed by atoms with E-state index in [1.54, 1.807) is 0 Å². The molecule has 0 saturated carbocycles. The van der Waals surface area contributed by atoms with Crippen molar-refractivity contribution in [2.45, 2.75) is 241 Å². The van der Waals surface area contributed by atoms with Crippen molar-refractivity contribution in [2.24, 2.45) is 0 Å². The van der Waals surface area contributed by atoms with Crippen LogP contribution in [0.25, 0.3) is 0 Å². The quantitative estimate of drug-likeness (QED) is 0.0387. The van der Waals surface area contributed by atoms with Crippen LogP contribution in [0, 0.1) is 0 Å². The molecule has 0 fully saturated rings. The van der Waals surface area contributed by atoms with E-state index in [2.05, 4.69) is 72.8 Å². The van der Waals surface area contributed by atoms with Crippen molar-refractivity contribution in [3.05, 3.63) is 46.6 Å². The van der Waals surface area contributed by atoms with Crippen molar-refractivity contribution in [1.82, 2.24) is 0 Å². The fraction of sp³-hybridized carbons (Fsp3) is 0.804. The molecule has 1 unspecified atom stereocenters. The number of esters is 1. The third kappa shape index (κ3) is 35.7. The number of allylic oxidation sites excluding steroid dienone is 6. The highest BCUT2D eigenvalue weighted by molar-refractivity contribution is 5.69. The molecule has 0 saturated heterocycles. The Morgan fingerprint density at radius 3 is 1.19 bits per heavy atom. The Morgan fingerprint density at radius 2 is 0.812 bits per heavy atom. The maximum absolute atomic E-state index is 12.8. The highest BCUT2D eigenvalue weighted by Gasteiger charge is 2.12. The second-order valence-electron chi connectivity index (χ2n) is 15.5. The van der Waals surface area contributed by atoms with E-state index in [0.29, 0.717) is 6.42 Å². The van der Waals surface area contributed by atoms with Crippen molar-refractivity contribution in [3.63, 3.8) is 0 Å². The molecule has 48 heavy (non-hydrogen) atoms. The normalized spacial score (nSPS) is 12.6. The van der Waals surface area contributed by atoms with Gasteiger partial charge in [-0.1, -0.05) is 189 Å². The van der Waals surface area contributed by atoms with Crippen molar-refractivity contribution < 1.29 is 9.53 Å². The van der Waals surface area contributed by atoms with Crippen LogP contribution in [0.1, 0.15) is 235 Å². The molecule has 0 aliphatic carbocycles. The zero-order chi connectivity index (χ0) is 35.5. The second kappa shape index (κ2) is 35.3. The lowest BCUT2D eigenvalue weighted by atomic mass is 10.0. The molecule has 0 aromatic rings. The zero-order valence-electron chi connectivity index (χ0n) is 33.7. The predicted octanol–water partition coefficient (Wildman–Crippen LogP) is 16.1. The first-order chi connectivity index (χ1) is 23.2. The van der Waals surface area contributed by atoms with Crippen LogP contribution in [-0.4, -0.2) is 12.1 Å². The minimum atomic E-state index is -0.160. The number of hydrogen-bond acceptors (Lipinski definition) is 2. The van der Waals surface area contributed by atoms with Crippen molar-refractivity contribution >= 4 is 5.97 Å². The number of hydrogen-bond donors (Lipinski definition) is 0. The molecule has 2 heteroatoms. The molecule has 0 aliphatic rings. The van der Waals surface area contributed by atoms with Gasteiger partial charge >= 0.3 is 5.97 Å². The molecule has 0 aromatic heterocycles. The lowest BCUT2D eigenvalue weighted by molar-refractivity contribution is -0.146. The first-order valence-electron chi connectivity index (χ1n) is 21.0. The fourth-order valence-corrected chi connectivity index (χ4v) is 6.43. The zero-order valence-corrected chi connectivity index (χ0v) is 33.7. The molecule has 0 spiro atoms. The predicted molar refractivity (Wildman–Crippen MR) is 216 cm³/mol. The fourth-order valence-electron chi connectivity index (χ4n) is 6.43. The molecule has 0 N–H and O–H groups in total. The van der Waals surface area contributed by atoms with Gasteiger partial charge < -0.3 is 4.74 Å². The van der Waals surface area contributed by atoms with E-state index in [1.807, 2.05) is 0 Å². The van der Waals surface area contributed by atoms with E-state index in [9.17, 15) is 4.79 Å². The Morgan fingerprint density at radius 1 is 0.458 bits per heavy atom. The molecule has 0 aliphatic heterocycles. The molecule has 0 bridgehead atoms. The SMILES string of the molecule is CCCCCCCCCCCCCCCCCCCCCCCCCC(=O)OC(C=C(C)CCC=C(C)C)CC=C(C)CCC=C(C)C. The number of carbonyl (C=O) groups is 1. The van der Waals surface area contributed by atoms with Gasteiger partial charge in [0.25, 0.3) is 0 Å². The van der Waals surface area contributed by atoms with E-state index in [1.165, 1.54) is 157 Å². The molecule has 1 atom stereocenters. The molecule has 2 nitrogen and oxygen atoms in total. The van der Waals surface area contributed by atoms with Crippen LogP contribution in [0.15, 0.2) is 46.6 Å². The van der Waals surface area contributed by atoms with Crippen LogP contribution >= 0.6 is 0 Å². The van der Waals surface area contributed by atoms with Crippen molar-refractivity contribution in [2.75, 3.05) is 0 Å². The molecular formula is C46H84O2. The van der Waals surface area contributed by atoms with Gasteiger partial charge in [0.2, 0.25) is 0 Å². The monoisotopic (exact) mass is 669 g/mol. The van der Waals surface area contributed by atoms with Crippen LogP contribution in [0.5, 0.6) is 0 Å². The molecule has 280 valence electrons.